The van der Waals surface area contributed by atoms with Gasteiger partial charge in [0.2, 0.25) is 0 Å². The van der Waals surface area contributed by atoms with Crippen molar-refractivity contribution in [3.8, 4) is 5.75 Å². The number of aryl methyl sites for hydroxylation is 1. The maximum absolute atomic E-state index is 12.2. The third kappa shape index (κ3) is 3.82. The van der Waals surface area contributed by atoms with E-state index in [4.69, 9.17) is 4.74 Å². The summed E-state index contributed by atoms with van der Waals surface area (Å²) in [5, 5.41) is 5.62. The fourth-order valence-electron chi connectivity index (χ4n) is 2.89. The van der Waals surface area contributed by atoms with E-state index in [2.05, 4.69) is 10.6 Å². The summed E-state index contributed by atoms with van der Waals surface area (Å²) in [7, 11) is 0. The highest BCUT2D eigenvalue weighted by atomic mass is 16.5. The highest BCUT2D eigenvalue weighted by Crippen LogP contribution is 2.26. The summed E-state index contributed by atoms with van der Waals surface area (Å²) < 4.78 is 5.64. The third-order valence-electron chi connectivity index (χ3n) is 4.28. The Morgan fingerprint density at radius 1 is 1.24 bits per heavy atom. The predicted octanol–water partition coefficient (Wildman–Crippen LogP) is 2.46. The number of hydrogen-bond acceptors (Lipinski definition) is 3. The molecule has 2 aromatic rings. The lowest BCUT2D eigenvalue weighted by Gasteiger charge is -2.12. The molecule has 2 N–H and O–H groups in total. The van der Waals surface area contributed by atoms with Crippen LogP contribution in [0.4, 0.5) is 0 Å². The van der Waals surface area contributed by atoms with E-state index in [1.807, 2.05) is 50.2 Å². The number of carbonyl (C=O) groups excluding carboxylic acids is 2. The molecule has 5 heteroatoms. The van der Waals surface area contributed by atoms with Crippen molar-refractivity contribution in [2.24, 2.45) is 0 Å². The number of fused-ring (bicyclic) bond motifs is 1. The maximum Gasteiger partial charge on any atom is 0.255 e. The molecular formula is C20H22N2O3. The fourth-order valence-corrected chi connectivity index (χ4v) is 2.89. The van der Waals surface area contributed by atoms with Crippen LogP contribution in [0.15, 0.2) is 36.4 Å². The number of amides is 2. The van der Waals surface area contributed by atoms with E-state index in [9.17, 15) is 9.59 Å². The maximum atomic E-state index is 12.2. The Bertz CT molecular complexity index is 797. The molecule has 1 aliphatic heterocycles. The molecule has 0 bridgehead atoms. The quantitative estimate of drug-likeness (QED) is 0.900. The molecule has 0 aromatic heterocycles. The second-order valence-corrected chi connectivity index (χ2v) is 6.11. The summed E-state index contributed by atoms with van der Waals surface area (Å²) in [6.45, 7) is 5.53. The second kappa shape index (κ2) is 7.38. The standard InChI is InChI=1S/C20H22N2O3/c1-3-21-19(23)15-6-4-14(5-7-15)11-16-12-17-18(10-13(16)2)25-9-8-22-20(17)24/h4-7,10,12H,3,8-9,11H2,1-2H3,(H,21,23)(H,22,24). The van der Waals surface area contributed by atoms with Crippen LogP contribution < -0.4 is 15.4 Å². The minimum absolute atomic E-state index is 0.0657. The number of nitrogens with one attached hydrogen (secondary N) is 2. The molecule has 0 fully saturated rings. The van der Waals surface area contributed by atoms with Crippen LogP contribution in [0.3, 0.4) is 0 Å². The molecule has 25 heavy (non-hydrogen) atoms. The van der Waals surface area contributed by atoms with Gasteiger partial charge in [-0.15, -0.1) is 0 Å². The lowest BCUT2D eigenvalue weighted by atomic mass is 9.96. The summed E-state index contributed by atoms with van der Waals surface area (Å²) in [6.07, 6.45) is 0.696. The van der Waals surface area contributed by atoms with Crippen LogP contribution in [0, 0.1) is 6.92 Å². The zero-order valence-electron chi connectivity index (χ0n) is 14.5. The molecule has 0 atom stereocenters. The summed E-state index contributed by atoms with van der Waals surface area (Å²) in [6, 6.07) is 11.4. The lowest BCUT2D eigenvalue weighted by molar-refractivity contribution is 0.0948. The van der Waals surface area contributed by atoms with Gasteiger partial charge in [0.15, 0.2) is 0 Å². The van der Waals surface area contributed by atoms with Gasteiger partial charge in [0.05, 0.1) is 12.1 Å². The smallest absolute Gasteiger partial charge is 0.255 e. The van der Waals surface area contributed by atoms with E-state index >= 15 is 0 Å². The van der Waals surface area contributed by atoms with Gasteiger partial charge >= 0.3 is 0 Å². The Balaban J connectivity index is 1.83. The molecule has 5 nitrogen and oxygen atoms in total. The van der Waals surface area contributed by atoms with Crippen LogP contribution in [0.1, 0.15) is 44.3 Å². The summed E-state index contributed by atoms with van der Waals surface area (Å²) in [5.74, 6) is 0.479. The van der Waals surface area contributed by atoms with Gasteiger partial charge in [0.25, 0.3) is 11.8 Å². The van der Waals surface area contributed by atoms with Crippen molar-refractivity contribution in [1.82, 2.24) is 10.6 Å². The normalized spacial score (nSPS) is 13.3. The molecule has 0 spiro atoms. The SMILES string of the molecule is CCNC(=O)c1ccc(Cc2cc3c(cc2C)OCCNC3=O)cc1. The first-order chi connectivity index (χ1) is 12.1. The van der Waals surface area contributed by atoms with E-state index < -0.39 is 0 Å². The molecule has 0 aliphatic carbocycles. The van der Waals surface area contributed by atoms with Gasteiger partial charge in [0.1, 0.15) is 12.4 Å². The Labute approximate surface area is 147 Å². The average molecular weight is 338 g/mol. The topological polar surface area (TPSA) is 67.4 Å². The van der Waals surface area contributed by atoms with E-state index in [0.29, 0.717) is 43.0 Å². The van der Waals surface area contributed by atoms with Crippen molar-refractivity contribution in [3.63, 3.8) is 0 Å². The molecule has 1 heterocycles. The first kappa shape index (κ1) is 17.0. The van der Waals surface area contributed by atoms with Crippen LogP contribution in [-0.4, -0.2) is 31.5 Å². The minimum atomic E-state index is -0.0969. The van der Waals surface area contributed by atoms with Crippen LogP contribution in [0.5, 0.6) is 5.75 Å². The molecule has 0 saturated carbocycles. The number of ether oxygens (including phenoxy) is 1. The highest BCUT2D eigenvalue weighted by molar-refractivity contribution is 5.97. The largest absolute Gasteiger partial charge is 0.491 e. The molecule has 2 aromatic carbocycles. The first-order valence-electron chi connectivity index (χ1n) is 8.50. The molecule has 1 aliphatic rings. The highest BCUT2D eigenvalue weighted by Gasteiger charge is 2.18. The van der Waals surface area contributed by atoms with Gasteiger partial charge in [-0.05, 0) is 61.2 Å². The third-order valence-corrected chi connectivity index (χ3v) is 4.28. The van der Waals surface area contributed by atoms with E-state index in [1.165, 1.54) is 0 Å². The van der Waals surface area contributed by atoms with E-state index in [0.717, 1.165) is 16.7 Å². The summed E-state index contributed by atoms with van der Waals surface area (Å²) >= 11 is 0. The number of carbonyl (C=O) groups is 2. The van der Waals surface area contributed by atoms with Gasteiger partial charge in [-0.2, -0.15) is 0 Å². The molecule has 0 saturated heterocycles. The van der Waals surface area contributed by atoms with Crippen LogP contribution >= 0.6 is 0 Å². The van der Waals surface area contributed by atoms with Gasteiger partial charge < -0.3 is 15.4 Å². The summed E-state index contributed by atoms with van der Waals surface area (Å²) in [5.41, 5.74) is 4.48. The first-order valence-corrected chi connectivity index (χ1v) is 8.50. The van der Waals surface area contributed by atoms with Gasteiger partial charge in [0, 0.05) is 12.1 Å². The molecule has 0 unspecified atom stereocenters. The molecule has 130 valence electrons. The van der Waals surface area contributed by atoms with E-state index in [1.54, 1.807) is 0 Å². The number of benzene rings is 2. The van der Waals surface area contributed by atoms with E-state index in [-0.39, 0.29) is 11.8 Å². The Morgan fingerprint density at radius 3 is 2.72 bits per heavy atom. The number of rotatable bonds is 4. The van der Waals surface area contributed by atoms with Crippen LogP contribution in [0.2, 0.25) is 0 Å². The van der Waals surface area contributed by atoms with Crippen molar-refractivity contribution in [2.45, 2.75) is 20.3 Å². The van der Waals surface area contributed by atoms with Crippen molar-refractivity contribution >= 4 is 11.8 Å². The Hall–Kier alpha value is -2.82. The molecule has 0 radical (unpaired) electrons. The second-order valence-electron chi connectivity index (χ2n) is 6.11. The lowest BCUT2D eigenvalue weighted by Crippen LogP contribution is -2.24. The monoisotopic (exact) mass is 338 g/mol. The average Bonchev–Trinajstić information content (AvgIpc) is 2.78. The zero-order valence-corrected chi connectivity index (χ0v) is 14.5. The van der Waals surface area contributed by atoms with Gasteiger partial charge in [-0.1, -0.05) is 12.1 Å². The van der Waals surface area contributed by atoms with Crippen LogP contribution in [-0.2, 0) is 6.42 Å². The fraction of sp³-hybridized carbons (Fsp3) is 0.300. The summed E-state index contributed by atoms with van der Waals surface area (Å²) in [4.78, 5) is 24.0. The zero-order chi connectivity index (χ0) is 17.8. The van der Waals surface area contributed by atoms with Crippen molar-refractivity contribution in [1.29, 1.82) is 0 Å². The number of hydrogen-bond donors (Lipinski definition) is 2. The molecular weight excluding hydrogens is 316 g/mol. The van der Waals surface area contributed by atoms with Crippen molar-refractivity contribution in [3.05, 3.63) is 64.2 Å². The van der Waals surface area contributed by atoms with Crippen molar-refractivity contribution in [2.75, 3.05) is 19.7 Å². The molecule has 3 rings (SSSR count). The minimum Gasteiger partial charge on any atom is -0.491 e. The Kier molecular flexibility index (Phi) is 5.03. The van der Waals surface area contributed by atoms with Gasteiger partial charge in [-0.25, -0.2) is 0 Å². The Morgan fingerprint density at radius 2 is 2.00 bits per heavy atom. The predicted molar refractivity (Wildman–Crippen MR) is 96.3 cm³/mol. The van der Waals surface area contributed by atoms with Crippen molar-refractivity contribution < 1.29 is 14.3 Å². The molecule has 2 amide bonds. The van der Waals surface area contributed by atoms with Gasteiger partial charge in [-0.3, -0.25) is 9.59 Å². The van der Waals surface area contributed by atoms with Crippen LogP contribution in [0.25, 0.3) is 0 Å².